The molecule has 0 heterocycles. The molecular formula is C13H22OSi. The lowest BCUT2D eigenvalue weighted by molar-refractivity contribution is 0.253. The molecule has 0 radical (unpaired) electrons. The fourth-order valence-corrected chi connectivity index (χ4v) is 3.25. The van der Waals surface area contributed by atoms with Crippen LogP contribution in [0.2, 0.25) is 13.1 Å². The zero-order chi connectivity index (χ0) is 11.3. The van der Waals surface area contributed by atoms with Gasteiger partial charge in [0.15, 0.2) is 0 Å². The molecule has 1 atom stereocenters. The summed E-state index contributed by atoms with van der Waals surface area (Å²) in [6, 6.07) is 10.6. The Balaban J connectivity index is 2.59. The predicted molar refractivity (Wildman–Crippen MR) is 69.0 cm³/mol. The van der Waals surface area contributed by atoms with Crippen LogP contribution in [0.3, 0.4) is 0 Å². The van der Waals surface area contributed by atoms with Crippen molar-refractivity contribution in [2.75, 3.05) is 6.61 Å². The van der Waals surface area contributed by atoms with Crippen LogP contribution in [0, 0.1) is 5.92 Å². The van der Waals surface area contributed by atoms with Crippen LogP contribution in [0.25, 0.3) is 0 Å². The fraction of sp³-hybridized carbons (Fsp3) is 0.538. The Morgan fingerprint density at radius 1 is 1.20 bits per heavy atom. The lowest BCUT2D eigenvalue weighted by atomic mass is 10.1. The van der Waals surface area contributed by atoms with E-state index in [-0.39, 0.29) is 0 Å². The Morgan fingerprint density at radius 3 is 2.33 bits per heavy atom. The molecule has 0 N–H and O–H groups in total. The maximum Gasteiger partial charge on any atom is 0.218 e. The average molecular weight is 222 g/mol. The third-order valence-electron chi connectivity index (χ3n) is 2.89. The molecule has 84 valence electrons. The molecule has 15 heavy (non-hydrogen) atoms. The first kappa shape index (κ1) is 12.5. The van der Waals surface area contributed by atoms with Crippen LogP contribution in [0.15, 0.2) is 30.3 Å². The molecule has 0 aliphatic carbocycles. The lowest BCUT2D eigenvalue weighted by Gasteiger charge is -2.25. The molecule has 0 aliphatic rings. The van der Waals surface area contributed by atoms with E-state index in [2.05, 4.69) is 57.3 Å². The first-order valence-electron chi connectivity index (χ1n) is 5.75. The second-order valence-corrected chi connectivity index (χ2v) is 8.59. The van der Waals surface area contributed by atoms with Crippen LogP contribution in [0.4, 0.5) is 0 Å². The maximum absolute atomic E-state index is 6.11. The molecule has 0 bridgehead atoms. The van der Waals surface area contributed by atoms with E-state index in [1.807, 2.05) is 0 Å². The molecule has 1 nitrogen and oxygen atoms in total. The Bertz CT molecular complexity index is 282. The second kappa shape index (κ2) is 5.47. The standard InChI is InChI=1S/C13H22OSi/c1-5-12(2)11-14-15(3,4)13-9-7-6-8-10-13/h6-10,12H,5,11H2,1-4H3. The summed E-state index contributed by atoms with van der Waals surface area (Å²) in [5, 5.41) is 1.38. The van der Waals surface area contributed by atoms with Gasteiger partial charge >= 0.3 is 0 Å². The van der Waals surface area contributed by atoms with Crippen LogP contribution in [-0.2, 0) is 4.43 Å². The Hall–Kier alpha value is -0.603. The van der Waals surface area contributed by atoms with Gasteiger partial charge in [-0.3, -0.25) is 0 Å². The highest BCUT2D eigenvalue weighted by atomic mass is 28.4. The normalized spacial score (nSPS) is 13.9. The van der Waals surface area contributed by atoms with Crippen molar-refractivity contribution < 1.29 is 4.43 Å². The Morgan fingerprint density at radius 2 is 1.80 bits per heavy atom. The Kier molecular flexibility index (Phi) is 4.55. The van der Waals surface area contributed by atoms with E-state index in [0.717, 1.165) is 6.61 Å². The molecule has 0 aliphatic heterocycles. The summed E-state index contributed by atoms with van der Waals surface area (Å²) in [7, 11) is -1.66. The molecule has 1 aromatic carbocycles. The minimum absolute atomic E-state index is 0.667. The Labute approximate surface area is 94.6 Å². The SMILES string of the molecule is CCC(C)CO[Si](C)(C)c1ccccc1. The van der Waals surface area contributed by atoms with Gasteiger partial charge in [-0.1, -0.05) is 50.6 Å². The molecule has 1 rings (SSSR count). The molecule has 0 fully saturated rings. The maximum atomic E-state index is 6.11. The summed E-state index contributed by atoms with van der Waals surface area (Å²) in [6.45, 7) is 9.89. The minimum atomic E-state index is -1.66. The molecule has 0 amide bonds. The zero-order valence-corrected chi connectivity index (χ0v) is 11.3. The van der Waals surface area contributed by atoms with Crippen LogP contribution in [-0.4, -0.2) is 14.9 Å². The molecule has 0 saturated heterocycles. The summed E-state index contributed by atoms with van der Waals surface area (Å²) < 4.78 is 6.11. The van der Waals surface area contributed by atoms with Crippen molar-refractivity contribution in [3.63, 3.8) is 0 Å². The minimum Gasteiger partial charge on any atom is -0.413 e. The summed E-state index contributed by atoms with van der Waals surface area (Å²) in [5.41, 5.74) is 0. The largest absolute Gasteiger partial charge is 0.413 e. The summed E-state index contributed by atoms with van der Waals surface area (Å²) in [6.07, 6.45) is 1.19. The third-order valence-corrected chi connectivity index (χ3v) is 5.51. The molecule has 2 heteroatoms. The number of benzene rings is 1. The lowest BCUT2D eigenvalue weighted by Crippen LogP contribution is -2.45. The van der Waals surface area contributed by atoms with Crippen molar-refractivity contribution in [1.29, 1.82) is 0 Å². The second-order valence-electron chi connectivity index (χ2n) is 4.70. The van der Waals surface area contributed by atoms with Crippen LogP contribution in [0.1, 0.15) is 20.3 Å². The van der Waals surface area contributed by atoms with Gasteiger partial charge in [0.25, 0.3) is 0 Å². The fourth-order valence-electron chi connectivity index (χ4n) is 1.39. The van der Waals surface area contributed by atoms with E-state index >= 15 is 0 Å². The molecule has 0 saturated carbocycles. The van der Waals surface area contributed by atoms with Gasteiger partial charge in [-0.25, -0.2) is 0 Å². The van der Waals surface area contributed by atoms with Gasteiger partial charge in [0, 0.05) is 6.61 Å². The van der Waals surface area contributed by atoms with E-state index in [0.29, 0.717) is 5.92 Å². The van der Waals surface area contributed by atoms with E-state index in [1.165, 1.54) is 11.6 Å². The van der Waals surface area contributed by atoms with E-state index < -0.39 is 8.32 Å². The van der Waals surface area contributed by atoms with Crippen molar-refractivity contribution in [3.05, 3.63) is 30.3 Å². The van der Waals surface area contributed by atoms with E-state index in [1.54, 1.807) is 0 Å². The van der Waals surface area contributed by atoms with Crippen LogP contribution >= 0.6 is 0 Å². The van der Waals surface area contributed by atoms with Gasteiger partial charge in [-0.15, -0.1) is 0 Å². The summed E-state index contributed by atoms with van der Waals surface area (Å²) in [5.74, 6) is 0.667. The highest BCUT2D eigenvalue weighted by Crippen LogP contribution is 2.09. The van der Waals surface area contributed by atoms with Gasteiger partial charge in [0.1, 0.15) is 0 Å². The number of hydrogen-bond donors (Lipinski definition) is 0. The molecule has 1 unspecified atom stereocenters. The van der Waals surface area contributed by atoms with Crippen molar-refractivity contribution in [3.8, 4) is 0 Å². The van der Waals surface area contributed by atoms with Gasteiger partial charge < -0.3 is 4.43 Å². The highest BCUT2D eigenvalue weighted by molar-refractivity contribution is 6.84. The number of hydrogen-bond acceptors (Lipinski definition) is 1. The van der Waals surface area contributed by atoms with Crippen molar-refractivity contribution in [2.45, 2.75) is 33.4 Å². The quantitative estimate of drug-likeness (QED) is 0.695. The molecular weight excluding hydrogens is 200 g/mol. The number of rotatable bonds is 5. The smallest absolute Gasteiger partial charge is 0.218 e. The van der Waals surface area contributed by atoms with Crippen LogP contribution < -0.4 is 5.19 Å². The monoisotopic (exact) mass is 222 g/mol. The zero-order valence-electron chi connectivity index (χ0n) is 10.3. The predicted octanol–water partition coefficient (Wildman–Crippen LogP) is 3.16. The first-order chi connectivity index (χ1) is 7.06. The average Bonchev–Trinajstić information content (AvgIpc) is 2.27. The topological polar surface area (TPSA) is 9.23 Å². The molecule has 0 spiro atoms. The van der Waals surface area contributed by atoms with Crippen molar-refractivity contribution in [2.24, 2.45) is 5.92 Å². The summed E-state index contributed by atoms with van der Waals surface area (Å²) >= 11 is 0. The van der Waals surface area contributed by atoms with E-state index in [4.69, 9.17) is 4.43 Å². The van der Waals surface area contributed by atoms with Gasteiger partial charge in [0.2, 0.25) is 8.32 Å². The van der Waals surface area contributed by atoms with Crippen molar-refractivity contribution in [1.82, 2.24) is 0 Å². The highest BCUT2D eigenvalue weighted by Gasteiger charge is 2.25. The first-order valence-corrected chi connectivity index (χ1v) is 8.66. The van der Waals surface area contributed by atoms with Gasteiger partial charge in [-0.05, 0) is 24.2 Å². The van der Waals surface area contributed by atoms with Crippen molar-refractivity contribution >= 4 is 13.5 Å². The third kappa shape index (κ3) is 3.80. The molecule has 0 aromatic heterocycles. The van der Waals surface area contributed by atoms with Crippen LogP contribution in [0.5, 0.6) is 0 Å². The van der Waals surface area contributed by atoms with Gasteiger partial charge in [-0.2, -0.15) is 0 Å². The van der Waals surface area contributed by atoms with E-state index in [9.17, 15) is 0 Å². The summed E-state index contributed by atoms with van der Waals surface area (Å²) in [4.78, 5) is 0. The van der Waals surface area contributed by atoms with Gasteiger partial charge in [0.05, 0.1) is 0 Å². The molecule has 1 aromatic rings.